The van der Waals surface area contributed by atoms with Crippen LogP contribution in [0.4, 0.5) is 0 Å². The minimum Gasteiger partial charge on any atom is -0.439 e. The fraction of sp³-hybridized carbons (Fsp3) is 0.227. The van der Waals surface area contributed by atoms with Gasteiger partial charge in [0.2, 0.25) is 5.88 Å². The number of halogens is 1. The van der Waals surface area contributed by atoms with E-state index in [1.54, 1.807) is 6.20 Å². The zero-order valence-corrected chi connectivity index (χ0v) is 16.6. The highest BCUT2D eigenvalue weighted by molar-refractivity contribution is 9.10. The lowest BCUT2D eigenvalue weighted by Gasteiger charge is -2.35. The Bertz CT molecular complexity index is 863. The van der Waals surface area contributed by atoms with Crippen molar-refractivity contribution in [2.75, 3.05) is 0 Å². The predicted molar refractivity (Wildman–Crippen MR) is 112 cm³/mol. The van der Waals surface area contributed by atoms with Gasteiger partial charge in [-0.05, 0) is 77.5 Å². The van der Waals surface area contributed by atoms with E-state index in [1.807, 2.05) is 36.5 Å². The van der Waals surface area contributed by atoms with Gasteiger partial charge in [0.05, 0.1) is 6.04 Å². The summed E-state index contributed by atoms with van der Waals surface area (Å²) in [6, 6.07) is 12.5. The molecule has 0 saturated heterocycles. The van der Waals surface area contributed by atoms with Crippen molar-refractivity contribution in [3.63, 3.8) is 0 Å². The summed E-state index contributed by atoms with van der Waals surface area (Å²) in [5.74, 6) is 1.40. The van der Waals surface area contributed by atoms with Crippen molar-refractivity contribution in [2.45, 2.75) is 31.7 Å². The fourth-order valence-electron chi connectivity index (χ4n) is 3.44. The maximum absolute atomic E-state index is 5.87. The summed E-state index contributed by atoms with van der Waals surface area (Å²) in [5, 5.41) is 2.22. The molecule has 0 unspecified atom stereocenters. The molecule has 0 spiro atoms. The Morgan fingerprint density at radius 3 is 2.78 bits per heavy atom. The Hall–Kier alpha value is -2.53. The number of nitrogens with one attached hydrogen (secondary N) is 1. The van der Waals surface area contributed by atoms with Gasteiger partial charge < -0.3 is 10.2 Å². The molecule has 5 heteroatoms. The Kier molecular flexibility index (Phi) is 5.58. The summed E-state index contributed by atoms with van der Waals surface area (Å²) in [6.07, 6.45) is 16.8. The topological polar surface area (TPSA) is 37.4 Å². The van der Waals surface area contributed by atoms with E-state index in [9.17, 15) is 0 Å². The van der Waals surface area contributed by atoms with E-state index >= 15 is 0 Å². The smallest absolute Gasteiger partial charge is 0.219 e. The number of aromatic nitrogens is 1. The van der Waals surface area contributed by atoms with Gasteiger partial charge in [-0.3, -0.25) is 5.01 Å². The van der Waals surface area contributed by atoms with Crippen LogP contribution in [0, 0.1) is 0 Å². The Balaban J connectivity index is 1.38. The molecule has 1 aromatic heterocycles. The molecule has 2 aromatic rings. The molecule has 0 atom stereocenters. The van der Waals surface area contributed by atoms with E-state index in [-0.39, 0.29) is 0 Å². The molecule has 0 radical (unpaired) electrons. The molecule has 1 saturated carbocycles. The second kappa shape index (κ2) is 8.44. The van der Waals surface area contributed by atoms with Crippen LogP contribution in [0.3, 0.4) is 0 Å². The number of benzene rings is 1. The van der Waals surface area contributed by atoms with Crippen molar-refractivity contribution >= 4 is 22.0 Å². The number of nitrogens with zero attached hydrogens (tertiary/aromatic N) is 2. The normalized spacial score (nSPS) is 18.9. The maximum atomic E-state index is 5.87. The third-order valence-electron chi connectivity index (χ3n) is 4.82. The number of pyridine rings is 1. The first-order valence-electron chi connectivity index (χ1n) is 9.23. The van der Waals surface area contributed by atoms with Crippen LogP contribution < -0.4 is 10.2 Å². The molecule has 0 bridgehead atoms. The molecule has 4 rings (SSSR count). The third kappa shape index (κ3) is 4.80. The monoisotopic (exact) mass is 423 g/mol. The van der Waals surface area contributed by atoms with E-state index in [0.717, 1.165) is 35.9 Å². The molecule has 138 valence electrons. The van der Waals surface area contributed by atoms with Gasteiger partial charge in [-0.25, -0.2) is 4.98 Å². The first-order chi connectivity index (χ1) is 13.3. The number of allylic oxidation sites excluding steroid dienone is 3. The third-order valence-corrected chi connectivity index (χ3v) is 5.29. The number of hydrazine groups is 1. The standard InChI is InChI=1S/C22H22BrN3O/c23-19-8-11-22(24-16-19)27-21-5-3-4-18(15-21)14-17-6-9-20(10-7-17)26-13-2-1-12-25-26/h1-5,8,11-16,20,25H,6-7,9-10H2. The van der Waals surface area contributed by atoms with Crippen LogP contribution in [-0.4, -0.2) is 16.0 Å². The molecule has 1 fully saturated rings. The van der Waals surface area contributed by atoms with Gasteiger partial charge in [0.25, 0.3) is 0 Å². The van der Waals surface area contributed by atoms with Crippen molar-refractivity contribution in [3.8, 4) is 11.6 Å². The van der Waals surface area contributed by atoms with Crippen LogP contribution in [0.2, 0.25) is 0 Å². The highest BCUT2D eigenvalue weighted by atomic mass is 79.9. The molecule has 2 heterocycles. The van der Waals surface area contributed by atoms with Gasteiger partial charge >= 0.3 is 0 Å². The lowest BCUT2D eigenvalue weighted by Crippen LogP contribution is -2.41. The lowest BCUT2D eigenvalue weighted by molar-refractivity contribution is 0.191. The number of hydrogen-bond donors (Lipinski definition) is 1. The van der Waals surface area contributed by atoms with E-state index in [0.29, 0.717) is 11.9 Å². The lowest BCUT2D eigenvalue weighted by atomic mass is 9.89. The van der Waals surface area contributed by atoms with Gasteiger partial charge in [0.1, 0.15) is 5.75 Å². The van der Waals surface area contributed by atoms with Crippen LogP contribution in [0.25, 0.3) is 6.08 Å². The highest BCUT2D eigenvalue weighted by Crippen LogP contribution is 2.29. The number of hydrogen-bond acceptors (Lipinski definition) is 4. The molecule has 2 aliphatic rings. The minimum atomic E-state index is 0.557. The summed E-state index contributed by atoms with van der Waals surface area (Å²) in [7, 11) is 0. The van der Waals surface area contributed by atoms with E-state index in [4.69, 9.17) is 4.74 Å². The van der Waals surface area contributed by atoms with Crippen molar-refractivity contribution in [3.05, 3.63) is 82.8 Å². The summed E-state index contributed by atoms with van der Waals surface area (Å²) < 4.78 is 6.81. The molecule has 1 N–H and O–H groups in total. The Morgan fingerprint density at radius 1 is 1.15 bits per heavy atom. The molecule has 27 heavy (non-hydrogen) atoms. The second-order valence-corrected chi connectivity index (χ2v) is 7.68. The second-order valence-electron chi connectivity index (χ2n) is 6.76. The first-order valence-corrected chi connectivity index (χ1v) is 10.0. The largest absolute Gasteiger partial charge is 0.439 e. The van der Waals surface area contributed by atoms with Gasteiger partial charge in [-0.2, -0.15) is 0 Å². The summed E-state index contributed by atoms with van der Waals surface area (Å²) >= 11 is 3.39. The predicted octanol–water partition coefficient (Wildman–Crippen LogP) is 5.81. The van der Waals surface area contributed by atoms with Gasteiger partial charge in [-0.15, -0.1) is 0 Å². The molecular formula is C22H22BrN3O. The maximum Gasteiger partial charge on any atom is 0.219 e. The van der Waals surface area contributed by atoms with E-state index in [2.05, 4.69) is 61.8 Å². The number of ether oxygens (including phenoxy) is 1. The average molecular weight is 424 g/mol. The minimum absolute atomic E-state index is 0.557. The molecule has 1 aliphatic carbocycles. The zero-order chi connectivity index (χ0) is 18.5. The Labute approximate surface area is 168 Å². The van der Waals surface area contributed by atoms with Crippen LogP contribution in [0.1, 0.15) is 31.2 Å². The summed E-state index contributed by atoms with van der Waals surface area (Å²) in [5.41, 5.74) is 5.99. The van der Waals surface area contributed by atoms with Crippen molar-refractivity contribution in [1.29, 1.82) is 0 Å². The molecule has 4 nitrogen and oxygen atoms in total. The molecule has 1 aliphatic heterocycles. The zero-order valence-electron chi connectivity index (χ0n) is 15.0. The SMILES string of the molecule is Brc1ccc(Oc2cccc(C=C3CCC(N4C=CC=CN4)CC3)c2)nc1. The van der Waals surface area contributed by atoms with E-state index < -0.39 is 0 Å². The van der Waals surface area contributed by atoms with E-state index in [1.165, 1.54) is 11.1 Å². The van der Waals surface area contributed by atoms with Crippen LogP contribution in [-0.2, 0) is 0 Å². The van der Waals surface area contributed by atoms with Gasteiger partial charge in [0.15, 0.2) is 0 Å². The van der Waals surface area contributed by atoms with Crippen LogP contribution >= 0.6 is 15.9 Å². The quantitative estimate of drug-likeness (QED) is 0.672. The Morgan fingerprint density at radius 2 is 2.04 bits per heavy atom. The first kappa shape index (κ1) is 17.9. The van der Waals surface area contributed by atoms with Gasteiger partial charge in [-0.1, -0.05) is 23.8 Å². The summed E-state index contributed by atoms with van der Waals surface area (Å²) in [6.45, 7) is 0. The summed E-state index contributed by atoms with van der Waals surface area (Å²) in [4.78, 5) is 4.27. The van der Waals surface area contributed by atoms with Gasteiger partial charge in [0, 0.05) is 29.1 Å². The highest BCUT2D eigenvalue weighted by Gasteiger charge is 2.21. The van der Waals surface area contributed by atoms with Crippen LogP contribution in [0.15, 0.2) is 77.2 Å². The van der Waals surface area contributed by atoms with Crippen molar-refractivity contribution < 1.29 is 4.74 Å². The van der Waals surface area contributed by atoms with Crippen molar-refractivity contribution in [1.82, 2.24) is 15.4 Å². The molecule has 1 aromatic carbocycles. The average Bonchev–Trinajstić information content (AvgIpc) is 2.71. The number of rotatable bonds is 4. The molecular weight excluding hydrogens is 402 g/mol. The van der Waals surface area contributed by atoms with Crippen molar-refractivity contribution in [2.24, 2.45) is 0 Å². The molecule has 0 amide bonds. The fourth-order valence-corrected chi connectivity index (χ4v) is 3.67. The van der Waals surface area contributed by atoms with Crippen LogP contribution in [0.5, 0.6) is 11.6 Å².